The van der Waals surface area contributed by atoms with E-state index >= 15 is 0 Å². The monoisotopic (exact) mass is 253 g/mol. The van der Waals surface area contributed by atoms with Gasteiger partial charge in [-0.25, -0.2) is 0 Å². The molecule has 0 atom stereocenters. The van der Waals surface area contributed by atoms with Crippen LogP contribution in [0.5, 0.6) is 0 Å². The molecule has 1 rings (SSSR count). The van der Waals surface area contributed by atoms with Crippen LogP contribution in [-0.2, 0) is 11.3 Å². The van der Waals surface area contributed by atoms with E-state index in [2.05, 4.69) is 5.32 Å². The second-order valence-electron chi connectivity index (χ2n) is 3.75. The molecular weight excluding hydrogens is 238 g/mol. The maximum absolute atomic E-state index is 11.3. The smallest absolute Gasteiger partial charge is 0.220 e. The molecule has 0 heterocycles. The minimum absolute atomic E-state index is 0.0202. The third-order valence-corrected chi connectivity index (χ3v) is 2.62. The highest BCUT2D eigenvalue weighted by Gasteiger charge is 2.05. The summed E-state index contributed by atoms with van der Waals surface area (Å²) in [6.45, 7) is 2.38. The lowest BCUT2D eigenvalue weighted by Gasteiger charge is -2.07. The van der Waals surface area contributed by atoms with E-state index in [0.29, 0.717) is 23.6 Å². The zero-order valence-corrected chi connectivity index (χ0v) is 10.5. The number of amidine groups is 1. The molecule has 92 valence electrons. The van der Waals surface area contributed by atoms with Crippen LogP contribution in [0.3, 0.4) is 0 Å². The van der Waals surface area contributed by atoms with Crippen LogP contribution in [0.4, 0.5) is 0 Å². The van der Waals surface area contributed by atoms with Crippen molar-refractivity contribution in [2.24, 2.45) is 5.73 Å². The number of nitrogens with one attached hydrogen (secondary N) is 2. The number of hydrogen-bond acceptors (Lipinski definition) is 2. The van der Waals surface area contributed by atoms with Crippen molar-refractivity contribution in [1.82, 2.24) is 5.32 Å². The van der Waals surface area contributed by atoms with E-state index < -0.39 is 0 Å². The summed E-state index contributed by atoms with van der Waals surface area (Å²) in [4.78, 5) is 11.3. The summed E-state index contributed by atoms with van der Waals surface area (Å²) in [7, 11) is 0. The summed E-state index contributed by atoms with van der Waals surface area (Å²) >= 11 is 5.90. The van der Waals surface area contributed by atoms with Gasteiger partial charge in [-0.2, -0.15) is 0 Å². The second kappa shape index (κ2) is 6.25. The van der Waals surface area contributed by atoms with E-state index in [1.807, 2.05) is 6.92 Å². The largest absolute Gasteiger partial charge is 0.384 e. The lowest BCUT2D eigenvalue weighted by atomic mass is 10.1. The molecule has 0 aliphatic rings. The Kier molecular flexibility index (Phi) is 4.97. The van der Waals surface area contributed by atoms with Gasteiger partial charge in [0.1, 0.15) is 5.84 Å². The second-order valence-corrected chi connectivity index (χ2v) is 4.16. The molecule has 0 spiro atoms. The first kappa shape index (κ1) is 13.5. The van der Waals surface area contributed by atoms with Gasteiger partial charge in [-0.1, -0.05) is 24.6 Å². The molecule has 0 aliphatic carbocycles. The Morgan fingerprint density at radius 1 is 1.53 bits per heavy atom. The molecule has 0 bridgehead atoms. The van der Waals surface area contributed by atoms with Crippen molar-refractivity contribution in [2.45, 2.75) is 26.3 Å². The zero-order chi connectivity index (χ0) is 12.8. The Bertz CT molecular complexity index is 432. The first-order valence-corrected chi connectivity index (χ1v) is 5.82. The SMILES string of the molecule is CCCC(=O)NCc1ccc(Cl)c(C(=N)N)c1. The van der Waals surface area contributed by atoms with Crippen LogP contribution in [0.15, 0.2) is 18.2 Å². The Morgan fingerprint density at radius 3 is 2.82 bits per heavy atom. The Hall–Kier alpha value is -1.55. The van der Waals surface area contributed by atoms with Crippen LogP contribution in [0.25, 0.3) is 0 Å². The van der Waals surface area contributed by atoms with Gasteiger partial charge in [0, 0.05) is 18.5 Å². The maximum atomic E-state index is 11.3. The number of carbonyl (C=O) groups is 1. The normalized spacial score (nSPS) is 10.0. The quantitative estimate of drug-likeness (QED) is 0.555. The number of halogens is 1. The molecule has 0 radical (unpaired) electrons. The van der Waals surface area contributed by atoms with E-state index in [-0.39, 0.29) is 11.7 Å². The van der Waals surface area contributed by atoms with Gasteiger partial charge in [0.2, 0.25) is 5.91 Å². The molecule has 1 amide bonds. The van der Waals surface area contributed by atoms with Gasteiger partial charge in [0.15, 0.2) is 0 Å². The maximum Gasteiger partial charge on any atom is 0.220 e. The van der Waals surface area contributed by atoms with E-state index in [9.17, 15) is 4.79 Å². The number of amides is 1. The average molecular weight is 254 g/mol. The molecule has 0 saturated heterocycles. The molecule has 0 saturated carbocycles. The fourth-order valence-electron chi connectivity index (χ4n) is 1.40. The van der Waals surface area contributed by atoms with Crippen LogP contribution in [0.1, 0.15) is 30.9 Å². The molecule has 5 heteroatoms. The van der Waals surface area contributed by atoms with Crippen LogP contribution < -0.4 is 11.1 Å². The summed E-state index contributed by atoms with van der Waals surface area (Å²) in [5, 5.41) is 10.6. The molecule has 0 aliphatic heterocycles. The Morgan fingerprint density at radius 2 is 2.24 bits per heavy atom. The van der Waals surface area contributed by atoms with Crippen LogP contribution in [-0.4, -0.2) is 11.7 Å². The van der Waals surface area contributed by atoms with Crippen molar-refractivity contribution in [1.29, 1.82) is 5.41 Å². The number of nitrogen functional groups attached to an aromatic ring is 1. The summed E-state index contributed by atoms with van der Waals surface area (Å²) in [6.07, 6.45) is 1.35. The third kappa shape index (κ3) is 4.07. The Balaban J connectivity index is 2.69. The molecule has 0 aromatic heterocycles. The highest BCUT2D eigenvalue weighted by Crippen LogP contribution is 2.17. The summed E-state index contributed by atoms with van der Waals surface area (Å²) < 4.78 is 0. The number of rotatable bonds is 5. The number of hydrogen-bond donors (Lipinski definition) is 3. The highest BCUT2D eigenvalue weighted by atomic mass is 35.5. The van der Waals surface area contributed by atoms with Gasteiger partial charge in [0.25, 0.3) is 0 Å². The summed E-state index contributed by atoms with van der Waals surface area (Å²) in [5.41, 5.74) is 6.77. The molecule has 4 nitrogen and oxygen atoms in total. The van der Waals surface area contributed by atoms with Gasteiger partial charge < -0.3 is 11.1 Å². The first-order valence-electron chi connectivity index (χ1n) is 5.44. The van der Waals surface area contributed by atoms with Gasteiger partial charge in [0.05, 0.1) is 5.02 Å². The summed E-state index contributed by atoms with van der Waals surface area (Å²) in [5.74, 6) is -0.0523. The topological polar surface area (TPSA) is 79.0 Å². The van der Waals surface area contributed by atoms with Crippen molar-refractivity contribution in [3.05, 3.63) is 34.3 Å². The molecule has 17 heavy (non-hydrogen) atoms. The molecular formula is C12H16ClN3O. The van der Waals surface area contributed by atoms with E-state index in [4.69, 9.17) is 22.7 Å². The predicted molar refractivity (Wildman–Crippen MR) is 69.2 cm³/mol. The van der Waals surface area contributed by atoms with Crippen LogP contribution in [0, 0.1) is 5.41 Å². The van der Waals surface area contributed by atoms with Crippen molar-refractivity contribution in [3.8, 4) is 0 Å². The molecule has 0 unspecified atom stereocenters. The van der Waals surface area contributed by atoms with Crippen molar-refractivity contribution >= 4 is 23.3 Å². The number of nitrogens with two attached hydrogens (primary N) is 1. The first-order chi connectivity index (χ1) is 8.04. The fourth-order valence-corrected chi connectivity index (χ4v) is 1.62. The molecule has 0 fully saturated rings. The van der Waals surface area contributed by atoms with E-state index in [0.717, 1.165) is 12.0 Å². The fraction of sp³-hybridized carbons (Fsp3) is 0.333. The molecule has 4 N–H and O–H groups in total. The standard InChI is InChI=1S/C12H16ClN3O/c1-2-3-11(17)16-7-8-4-5-10(13)9(6-8)12(14)15/h4-6H,2-3,7H2,1H3,(H3,14,15)(H,16,17). The van der Waals surface area contributed by atoms with Crippen molar-refractivity contribution in [3.63, 3.8) is 0 Å². The van der Waals surface area contributed by atoms with Gasteiger partial charge in [-0.15, -0.1) is 0 Å². The minimum atomic E-state index is -0.0725. The van der Waals surface area contributed by atoms with E-state index in [1.54, 1.807) is 18.2 Å². The Labute approximate surface area is 106 Å². The van der Waals surface area contributed by atoms with Gasteiger partial charge >= 0.3 is 0 Å². The van der Waals surface area contributed by atoms with Crippen LogP contribution >= 0.6 is 11.6 Å². The van der Waals surface area contributed by atoms with E-state index in [1.165, 1.54) is 0 Å². The third-order valence-electron chi connectivity index (χ3n) is 2.29. The highest BCUT2D eigenvalue weighted by molar-refractivity contribution is 6.33. The van der Waals surface area contributed by atoms with Crippen molar-refractivity contribution in [2.75, 3.05) is 0 Å². The van der Waals surface area contributed by atoms with Gasteiger partial charge in [-0.3, -0.25) is 10.2 Å². The predicted octanol–water partition coefficient (Wildman–Crippen LogP) is 2.04. The van der Waals surface area contributed by atoms with Crippen LogP contribution in [0.2, 0.25) is 5.02 Å². The summed E-state index contributed by atoms with van der Waals surface area (Å²) in [6, 6.07) is 5.21. The number of benzene rings is 1. The molecule has 1 aromatic carbocycles. The average Bonchev–Trinajstić information content (AvgIpc) is 2.28. The molecule has 1 aromatic rings. The lowest BCUT2D eigenvalue weighted by Crippen LogP contribution is -2.22. The number of carbonyl (C=O) groups excluding carboxylic acids is 1. The zero-order valence-electron chi connectivity index (χ0n) is 9.72. The van der Waals surface area contributed by atoms with Crippen molar-refractivity contribution < 1.29 is 4.79 Å². The minimum Gasteiger partial charge on any atom is -0.384 e. The lowest BCUT2D eigenvalue weighted by molar-refractivity contribution is -0.121. The van der Waals surface area contributed by atoms with Gasteiger partial charge in [-0.05, 0) is 24.1 Å².